The Balaban J connectivity index is 1.28. The molecule has 0 fully saturated rings. The van der Waals surface area contributed by atoms with Gasteiger partial charge in [-0.2, -0.15) is 0 Å². The predicted octanol–water partition coefficient (Wildman–Crippen LogP) is 13.1. The van der Waals surface area contributed by atoms with Gasteiger partial charge in [-0.25, -0.2) is 0 Å². The highest BCUT2D eigenvalue weighted by Gasteiger charge is 2.51. The molecule has 12 rings (SSSR count). The van der Waals surface area contributed by atoms with Gasteiger partial charge in [0.25, 0.3) is 0 Å². The number of fused-ring (bicyclic) bond motifs is 12. The lowest BCUT2D eigenvalue weighted by atomic mass is 9.42. The Morgan fingerprint density at radius 2 is 1.37 bits per heavy atom. The van der Waals surface area contributed by atoms with Crippen LogP contribution in [0.3, 0.4) is 0 Å². The summed E-state index contributed by atoms with van der Waals surface area (Å²) in [5.41, 5.74) is 19.6. The summed E-state index contributed by atoms with van der Waals surface area (Å²) in [6.07, 6.45) is 3.39. The van der Waals surface area contributed by atoms with E-state index >= 15 is 0 Å². The fourth-order valence-electron chi connectivity index (χ4n) is 10.6. The minimum absolute atomic E-state index is 0.0844. The first-order valence-corrected chi connectivity index (χ1v) is 20.5. The smallest absolute Gasteiger partial charge is 0.333 e. The van der Waals surface area contributed by atoms with Crippen molar-refractivity contribution in [1.82, 2.24) is 0 Å². The standard InChI is InChI=1S/C53H41BN2O/c1-4-5-16-33-27-29-43(39(31-33)34-17-7-6-8-18-34)55-45-32-35-19-9-10-20-36(35)48-38-22-15-24-41-51(38)56(44-25-13-12-23-40(44)53(41,2)3)54(50(45)48)42-28-30-47-49(52(42)55)37-21-11-14-26-46(37)57-47/h6-15,17-32H,4-5,16H2,1-3H3. The van der Waals surface area contributed by atoms with Gasteiger partial charge in [-0.05, 0) is 98.8 Å². The Morgan fingerprint density at radius 1 is 0.596 bits per heavy atom. The Hall–Kier alpha value is -6.52. The van der Waals surface area contributed by atoms with E-state index in [9.17, 15) is 0 Å². The number of para-hydroxylation sites is 3. The van der Waals surface area contributed by atoms with Crippen molar-refractivity contribution in [1.29, 1.82) is 0 Å². The van der Waals surface area contributed by atoms with Gasteiger partial charge in [0, 0.05) is 39.0 Å². The van der Waals surface area contributed by atoms with Crippen LogP contribution in [0, 0.1) is 0 Å². The second-order valence-corrected chi connectivity index (χ2v) is 16.7. The molecule has 8 aromatic carbocycles. The highest BCUT2D eigenvalue weighted by atomic mass is 16.3. The summed E-state index contributed by atoms with van der Waals surface area (Å²) in [5.74, 6) is 0. The summed E-state index contributed by atoms with van der Waals surface area (Å²) in [6.45, 7) is 6.99. The number of hydrogen-bond acceptors (Lipinski definition) is 3. The van der Waals surface area contributed by atoms with Crippen molar-refractivity contribution >= 4 is 78.9 Å². The van der Waals surface area contributed by atoms with Gasteiger partial charge in [0.15, 0.2) is 0 Å². The van der Waals surface area contributed by atoms with E-state index in [0.717, 1.165) is 41.2 Å². The minimum atomic E-state index is -0.179. The lowest BCUT2D eigenvalue weighted by molar-refractivity contribution is 0.634. The van der Waals surface area contributed by atoms with Gasteiger partial charge in [-0.15, -0.1) is 0 Å². The lowest BCUT2D eigenvalue weighted by Gasteiger charge is -2.51. The van der Waals surface area contributed by atoms with E-state index in [1.54, 1.807) is 0 Å². The van der Waals surface area contributed by atoms with E-state index in [0.29, 0.717) is 0 Å². The molecule has 0 radical (unpaired) electrons. The van der Waals surface area contributed by atoms with Crippen molar-refractivity contribution in [2.75, 3.05) is 9.71 Å². The van der Waals surface area contributed by atoms with E-state index in [4.69, 9.17) is 4.42 Å². The SMILES string of the molecule is CCCCc1ccc(N2c3cc4ccccc4c4c3B(c3ccc5oc6ccccc6c5c32)N2c3ccccc3C(C)(C)c3cccc-4c32)c(-c2ccccc2)c1. The zero-order chi connectivity index (χ0) is 38.0. The van der Waals surface area contributed by atoms with Crippen LogP contribution >= 0.6 is 0 Å². The van der Waals surface area contributed by atoms with Gasteiger partial charge < -0.3 is 14.1 Å². The van der Waals surface area contributed by atoms with Crippen molar-refractivity contribution in [3.8, 4) is 22.3 Å². The molecule has 272 valence electrons. The third-order valence-electron chi connectivity index (χ3n) is 13.2. The molecule has 0 aliphatic carbocycles. The Morgan fingerprint density at radius 3 is 2.25 bits per heavy atom. The van der Waals surface area contributed by atoms with Gasteiger partial charge in [-0.1, -0.05) is 149 Å². The molecular formula is C53H41BN2O. The van der Waals surface area contributed by atoms with E-state index in [1.165, 1.54) is 89.1 Å². The summed E-state index contributed by atoms with van der Waals surface area (Å²) in [5, 5.41) is 4.83. The Kier molecular flexibility index (Phi) is 6.88. The Labute approximate surface area is 333 Å². The molecule has 57 heavy (non-hydrogen) atoms. The quantitative estimate of drug-likeness (QED) is 0.164. The molecule has 3 aliphatic heterocycles. The van der Waals surface area contributed by atoms with Crippen molar-refractivity contribution in [2.45, 2.75) is 45.4 Å². The second kappa shape index (κ2) is 12.0. The highest BCUT2D eigenvalue weighted by molar-refractivity contribution is 6.94. The normalized spacial score (nSPS) is 14.5. The maximum absolute atomic E-state index is 6.73. The third-order valence-corrected chi connectivity index (χ3v) is 13.2. The number of furan rings is 1. The van der Waals surface area contributed by atoms with Crippen LogP contribution in [0.1, 0.15) is 50.3 Å². The monoisotopic (exact) mass is 732 g/mol. The molecule has 0 spiro atoms. The van der Waals surface area contributed by atoms with Gasteiger partial charge in [-0.3, -0.25) is 0 Å². The molecule has 0 saturated carbocycles. The van der Waals surface area contributed by atoms with E-state index in [-0.39, 0.29) is 12.3 Å². The van der Waals surface area contributed by atoms with Crippen molar-refractivity contribution in [3.63, 3.8) is 0 Å². The van der Waals surface area contributed by atoms with Crippen molar-refractivity contribution in [3.05, 3.63) is 174 Å². The average molecular weight is 733 g/mol. The molecule has 4 heterocycles. The number of rotatable bonds is 5. The molecule has 0 bridgehead atoms. The van der Waals surface area contributed by atoms with Crippen molar-refractivity contribution < 1.29 is 4.42 Å². The molecule has 3 nitrogen and oxygen atoms in total. The van der Waals surface area contributed by atoms with Crippen LogP contribution in [-0.4, -0.2) is 6.85 Å². The molecule has 0 atom stereocenters. The number of hydrogen-bond donors (Lipinski definition) is 0. The summed E-state index contributed by atoms with van der Waals surface area (Å²) in [6, 6.07) is 59.0. The molecule has 0 N–H and O–H groups in total. The number of benzene rings is 8. The fraction of sp³-hybridized carbons (Fsp3) is 0.132. The van der Waals surface area contributed by atoms with Crippen LogP contribution in [0.5, 0.6) is 0 Å². The molecular weight excluding hydrogens is 691 g/mol. The second-order valence-electron chi connectivity index (χ2n) is 16.7. The molecule has 1 aromatic heterocycles. The van der Waals surface area contributed by atoms with Crippen LogP contribution < -0.4 is 20.6 Å². The highest BCUT2D eigenvalue weighted by Crippen LogP contribution is 2.58. The lowest BCUT2D eigenvalue weighted by Crippen LogP contribution is -2.63. The van der Waals surface area contributed by atoms with Gasteiger partial charge in [0.05, 0.1) is 16.8 Å². The molecule has 9 aromatic rings. The zero-order valence-corrected chi connectivity index (χ0v) is 32.5. The van der Waals surface area contributed by atoms with Crippen LogP contribution in [0.25, 0.3) is 55.0 Å². The summed E-state index contributed by atoms with van der Waals surface area (Å²) in [4.78, 5) is 5.31. The summed E-state index contributed by atoms with van der Waals surface area (Å²) < 4.78 is 6.73. The first kappa shape index (κ1) is 32.7. The van der Waals surface area contributed by atoms with Crippen LogP contribution in [0.2, 0.25) is 0 Å². The molecule has 3 aliphatic rings. The average Bonchev–Trinajstić information content (AvgIpc) is 3.64. The largest absolute Gasteiger partial charge is 0.456 e. The number of unbranched alkanes of at least 4 members (excludes halogenated alkanes) is 1. The van der Waals surface area contributed by atoms with Gasteiger partial charge >= 0.3 is 6.85 Å². The van der Waals surface area contributed by atoms with E-state index < -0.39 is 0 Å². The first-order chi connectivity index (χ1) is 28.0. The maximum Gasteiger partial charge on any atom is 0.333 e. The van der Waals surface area contributed by atoms with Crippen LogP contribution in [0.4, 0.5) is 28.4 Å². The van der Waals surface area contributed by atoms with E-state index in [1.807, 2.05) is 0 Å². The summed E-state index contributed by atoms with van der Waals surface area (Å²) >= 11 is 0. The summed E-state index contributed by atoms with van der Waals surface area (Å²) in [7, 11) is 0. The van der Waals surface area contributed by atoms with Gasteiger partial charge in [0.1, 0.15) is 11.2 Å². The topological polar surface area (TPSA) is 19.6 Å². The van der Waals surface area contributed by atoms with Crippen LogP contribution in [0.15, 0.2) is 162 Å². The molecule has 4 heteroatoms. The maximum atomic E-state index is 6.73. The Bertz CT molecular complexity index is 3120. The number of anilines is 5. The fourth-order valence-corrected chi connectivity index (χ4v) is 10.6. The molecule has 0 unspecified atom stereocenters. The number of nitrogens with zero attached hydrogens (tertiary/aromatic N) is 2. The van der Waals surface area contributed by atoms with Crippen LogP contribution in [-0.2, 0) is 11.8 Å². The minimum Gasteiger partial charge on any atom is -0.456 e. The first-order valence-electron chi connectivity index (χ1n) is 20.5. The predicted molar refractivity (Wildman–Crippen MR) is 241 cm³/mol. The van der Waals surface area contributed by atoms with E-state index in [2.05, 4.69) is 188 Å². The van der Waals surface area contributed by atoms with Crippen molar-refractivity contribution in [2.24, 2.45) is 0 Å². The number of aryl methyl sites for hydroxylation is 1. The molecule has 0 saturated heterocycles. The van der Waals surface area contributed by atoms with Gasteiger partial charge in [0.2, 0.25) is 0 Å². The molecule has 0 amide bonds. The zero-order valence-electron chi connectivity index (χ0n) is 32.5. The third kappa shape index (κ3) is 4.44.